The molecule has 2 N–H and O–H groups in total. The fraction of sp³-hybridized carbons (Fsp3) is 0.250. The highest BCUT2D eigenvalue weighted by Gasteiger charge is 2.17. The van der Waals surface area contributed by atoms with Crippen LogP contribution in [-0.4, -0.2) is 34.4 Å². The monoisotopic (exact) mass is 264 g/mol. The third-order valence-electron chi connectivity index (χ3n) is 2.55. The molecule has 100 valence electrons. The number of rotatable bonds is 5. The number of methoxy groups -OCH3 is 1. The van der Waals surface area contributed by atoms with Crippen molar-refractivity contribution in [1.82, 2.24) is 15.0 Å². The Bertz CT molecular complexity index is 597. The van der Waals surface area contributed by atoms with Crippen LogP contribution in [0.2, 0.25) is 0 Å². The molecular formula is C12H13FN4O2. The fourth-order valence-electron chi connectivity index (χ4n) is 1.59. The first-order chi connectivity index (χ1) is 9.15. The normalized spacial score (nSPS) is 10.5. The van der Waals surface area contributed by atoms with Gasteiger partial charge in [0.05, 0.1) is 25.4 Å². The summed E-state index contributed by atoms with van der Waals surface area (Å²) < 4.78 is 20.1. The van der Waals surface area contributed by atoms with Crippen LogP contribution in [0.5, 0.6) is 5.75 Å². The predicted molar refractivity (Wildman–Crippen MR) is 65.5 cm³/mol. The average Bonchev–Trinajstić information content (AvgIpc) is 2.87. The van der Waals surface area contributed by atoms with Crippen LogP contribution < -0.4 is 10.5 Å². The van der Waals surface area contributed by atoms with Gasteiger partial charge >= 0.3 is 0 Å². The van der Waals surface area contributed by atoms with Gasteiger partial charge in [-0.1, -0.05) is 5.21 Å². The first-order valence-electron chi connectivity index (χ1n) is 5.64. The van der Waals surface area contributed by atoms with Crippen molar-refractivity contribution in [3.05, 3.63) is 41.5 Å². The Morgan fingerprint density at radius 3 is 2.95 bits per heavy atom. The van der Waals surface area contributed by atoms with Crippen molar-refractivity contribution in [2.75, 3.05) is 13.7 Å². The number of ether oxygens (including phenoxy) is 1. The Morgan fingerprint density at radius 1 is 1.53 bits per heavy atom. The summed E-state index contributed by atoms with van der Waals surface area (Å²) in [5.74, 6) is -0.831. The first-order valence-corrected chi connectivity index (χ1v) is 5.64. The maximum Gasteiger partial charge on any atom is 0.217 e. The Morgan fingerprint density at radius 2 is 2.32 bits per heavy atom. The molecule has 0 aliphatic rings. The Balaban J connectivity index is 2.27. The third kappa shape index (κ3) is 2.76. The molecule has 0 aliphatic heterocycles. The molecule has 0 radical (unpaired) electrons. The first kappa shape index (κ1) is 13.2. The maximum atomic E-state index is 13.8. The van der Waals surface area contributed by atoms with E-state index < -0.39 is 11.6 Å². The van der Waals surface area contributed by atoms with Gasteiger partial charge in [-0.05, 0) is 12.1 Å². The molecule has 0 unspecified atom stereocenters. The van der Waals surface area contributed by atoms with Crippen LogP contribution in [0.15, 0.2) is 24.4 Å². The lowest BCUT2D eigenvalue weighted by atomic mass is 10.1. The lowest BCUT2D eigenvalue weighted by molar-refractivity contribution is 0.103. The van der Waals surface area contributed by atoms with Gasteiger partial charge in [0.1, 0.15) is 11.6 Å². The number of aromatic nitrogens is 3. The van der Waals surface area contributed by atoms with Crippen molar-refractivity contribution >= 4 is 5.78 Å². The summed E-state index contributed by atoms with van der Waals surface area (Å²) in [7, 11) is 1.43. The van der Waals surface area contributed by atoms with Crippen molar-refractivity contribution in [2.45, 2.75) is 6.54 Å². The number of carbonyl (C=O) groups excluding carboxylic acids is 1. The molecule has 0 saturated heterocycles. The molecule has 2 rings (SSSR count). The molecular weight excluding hydrogens is 251 g/mol. The highest BCUT2D eigenvalue weighted by molar-refractivity contribution is 6.07. The average molecular weight is 264 g/mol. The van der Waals surface area contributed by atoms with Crippen LogP contribution in [0.25, 0.3) is 0 Å². The van der Waals surface area contributed by atoms with E-state index in [-0.39, 0.29) is 11.3 Å². The zero-order valence-electron chi connectivity index (χ0n) is 10.3. The van der Waals surface area contributed by atoms with E-state index in [0.29, 0.717) is 18.8 Å². The van der Waals surface area contributed by atoms with Crippen molar-refractivity contribution in [3.8, 4) is 5.75 Å². The van der Waals surface area contributed by atoms with Crippen LogP contribution in [0.3, 0.4) is 0 Å². The molecule has 0 saturated carbocycles. The van der Waals surface area contributed by atoms with Gasteiger partial charge in [0.25, 0.3) is 0 Å². The molecule has 0 fully saturated rings. The van der Waals surface area contributed by atoms with Gasteiger partial charge in [-0.25, -0.2) is 4.39 Å². The zero-order chi connectivity index (χ0) is 13.8. The Hall–Kier alpha value is -2.28. The van der Waals surface area contributed by atoms with E-state index in [1.54, 1.807) is 0 Å². The highest BCUT2D eigenvalue weighted by Crippen LogP contribution is 2.18. The summed E-state index contributed by atoms with van der Waals surface area (Å²) >= 11 is 0. The van der Waals surface area contributed by atoms with Gasteiger partial charge in [0.15, 0.2) is 5.69 Å². The molecule has 0 aliphatic carbocycles. The van der Waals surface area contributed by atoms with Gasteiger partial charge in [-0.15, -0.1) is 5.10 Å². The minimum atomic E-state index is -0.655. The smallest absolute Gasteiger partial charge is 0.217 e. The van der Waals surface area contributed by atoms with Crippen LogP contribution in [0.4, 0.5) is 4.39 Å². The second-order valence-electron chi connectivity index (χ2n) is 3.83. The van der Waals surface area contributed by atoms with Gasteiger partial charge in [-0.2, -0.15) is 0 Å². The highest BCUT2D eigenvalue weighted by atomic mass is 19.1. The van der Waals surface area contributed by atoms with Gasteiger partial charge < -0.3 is 10.5 Å². The quantitative estimate of drug-likeness (QED) is 0.800. The number of nitrogens with two attached hydrogens (primary N) is 1. The predicted octanol–water partition coefficient (Wildman–Crippen LogP) is 0.615. The van der Waals surface area contributed by atoms with Crippen LogP contribution in [-0.2, 0) is 6.54 Å². The number of carbonyl (C=O) groups is 1. The Kier molecular flexibility index (Phi) is 3.86. The van der Waals surface area contributed by atoms with E-state index in [9.17, 15) is 9.18 Å². The second-order valence-corrected chi connectivity index (χ2v) is 3.83. The Labute approximate surface area is 109 Å². The maximum absolute atomic E-state index is 13.8. The van der Waals surface area contributed by atoms with E-state index in [1.807, 2.05) is 0 Å². The molecule has 0 spiro atoms. The lowest BCUT2D eigenvalue weighted by Crippen LogP contribution is -2.10. The molecule has 1 heterocycles. The molecule has 19 heavy (non-hydrogen) atoms. The molecule has 7 heteroatoms. The fourth-order valence-corrected chi connectivity index (χ4v) is 1.59. The van der Waals surface area contributed by atoms with Crippen molar-refractivity contribution < 1.29 is 13.9 Å². The molecule has 1 aromatic carbocycles. The number of ketones is 1. The number of hydrogen-bond donors (Lipinski definition) is 1. The van der Waals surface area contributed by atoms with E-state index in [1.165, 1.54) is 30.1 Å². The third-order valence-corrected chi connectivity index (χ3v) is 2.55. The molecule has 6 nitrogen and oxygen atoms in total. The zero-order valence-corrected chi connectivity index (χ0v) is 10.3. The summed E-state index contributed by atoms with van der Waals surface area (Å²) in [6.07, 6.45) is 1.44. The molecule has 0 bridgehead atoms. The minimum absolute atomic E-state index is 0.0689. The van der Waals surface area contributed by atoms with Gasteiger partial charge in [-0.3, -0.25) is 9.48 Å². The van der Waals surface area contributed by atoms with Crippen LogP contribution in [0.1, 0.15) is 16.1 Å². The topological polar surface area (TPSA) is 83.0 Å². The van der Waals surface area contributed by atoms with Crippen molar-refractivity contribution in [2.24, 2.45) is 5.73 Å². The van der Waals surface area contributed by atoms with Crippen molar-refractivity contribution in [3.63, 3.8) is 0 Å². The second kappa shape index (κ2) is 5.57. The number of nitrogens with zero attached hydrogens (tertiary/aromatic N) is 3. The van der Waals surface area contributed by atoms with Gasteiger partial charge in [0.2, 0.25) is 5.78 Å². The van der Waals surface area contributed by atoms with Crippen LogP contribution in [0, 0.1) is 5.82 Å². The summed E-state index contributed by atoms with van der Waals surface area (Å²) in [5, 5.41) is 7.44. The SMILES string of the molecule is COc1ccc(C(=O)c2cn(CCN)nn2)c(F)c1. The lowest BCUT2D eigenvalue weighted by Gasteiger charge is -2.03. The number of halogens is 1. The molecule has 0 amide bonds. The number of hydrogen-bond acceptors (Lipinski definition) is 5. The van der Waals surface area contributed by atoms with E-state index in [0.717, 1.165) is 6.07 Å². The number of benzene rings is 1. The van der Waals surface area contributed by atoms with E-state index >= 15 is 0 Å². The summed E-state index contributed by atoms with van der Waals surface area (Å²) in [4.78, 5) is 12.1. The van der Waals surface area contributed by atoms with Gasteiger partial charge in [0, 0.05) is 12.6 Å². The largest absolute Gasteiger partial charge is 0.497 e. The standard InChI is InChI=1S/C12H13FN4O2/c1-19-8-2-3-9(10(13)6-8)12(18)11-7-17(5-4-14)16-15-11/h2-3,6-7H,4-5,14H2,1H3. The minimum Gasteiger partial charge on any atom is -0.497 e. The summed E-state index contributed by atoms with van der Waals surface area (Å²) in [5.41, 5.74) is 5.38. The summed E-state index contributed by atoms with van der Waals surface area (Å²) in [6, 6.07) is 4.02. The summed E-state index contributed by atoms with van der Waals surface area (Å²) in [6.45, 7) is 0.833. The van der Waals surface area contributed by atoms with Crippen LogP contribution >= 0.6 is 0 Å². The molecule has 0 atom stereocenters. The van der Waals surface area contributed by atoms with Crippen molar-refractivity contribution in [1.29, 1.82) is 0 Å². The van der Waals surface area contributed by atoms with E-state index in [4.69, 9.17) is 10.5 Å². The molecule has 2 aromatic rings. The molecule has 1 aromatic heterocycles. The van der Waals surface area contributed by atoms with E-state index in [2.05, 4.69) is 10.3 Å².